The highest BCUT2D eigenvalue weighted by molar-refractivity contribution is 7.92. The molecule has 0 atom stereocenters. The van der Waals surface area contributed by atoms with Gasteiger partial charge < -0.3 is 5.73 Å². The van der Waals surface area contributed by atoms with Crippen LogP contribution in [0.15, 0.2) is 35.7 Å². The molecule has 0 radical (unpaired) electrons. The predicted octanol–water partition coefficient (Wildman–Crippen LogP) is 1.07. The maximum absolute atomic E-state index is 11.7. The van der Waals surface area contributed by atoms with Gasteiger partial charge in [-0.2, -0.15) is 0 Å². The first-order chi connectivity index (χ1) is 8.05. The van der Waals surface area contributed by atoms with Crippen molar-refractivity contribution in [3.63, 3.8) is 0 Å². The predicted molar refractivity (Wildman–Crippen MR) is 68.5 cm³/mol. The summed E-state index contributed by atoms with van der Waals surface area (Å²) in [4.78, 5) is 0. The average molecular weight is 252 g/mol. The molecule has 17 heavy (non-hydrogen) atoms. The van der Waals surface area contributed by atoms with E-state index in [1.54, 1.807) is 6.08 Å². The molecule has 1 aliphatic rings. The van der Waals surface area contributed by atoms with Gasteiger partial charge in [0.25, 0.3) is 0 Å². The lowest BCUT2D eigenvalue weighted by molar-refractivity contribution is 0.328. The second-order valence-electron chi connectivity index (χ2n) is 4.30. The minimum absolute atomic E-state index is 0.00424. The van der Waals surface area contributed by atoms with Gasteiger partial charge in [-0.05, 0) is 24.5 Å². The highest BCUT2D eigenvalue weighted by Crippen LogP contribution is 2.18. The molecule has 0 spiro atoms. The Morgan fingerprint density at radius 3 is 2.47 bits per heavy atom. The molecule has 1 aromatic carbocycles. The van der Waals surface area contributed by atoms with Crippen LogP contribution in [0.2, 0.25) is 0 Å². The molecule has 5 heteroatoms. The Labute approximate surface area is 102 Å². The van der Waals surface area contributed by atoms with Gasteiger partial charge in [0, 0.05) is 17.5 Å². The fourth-order valence-corrected chi connectivity index (χ4v) is 2.83. The highest BCUT2D eigenvalue weighted by Gasteiger charge is 2.28. The molecule has 0 heterocycles. The van der Waals surface area contributed by atoms with Crippen LogP contribution in [0.3, 0.4) is 0 Å². The van der Waals surface area contributed by atoms with Crippen LogP contribution in [0, 0.1) is 0 Å². The molecule has 0 amide bonds. The first kappa shape index (κ1) is 12.3. The normalized spacial score (nSPS) is 24.8. The maximum Gasteiger partial charge on any atom is 0.233 e. The van der Waals surface area contributed by atoms with E-state index in [4.69, 9.17) is 5.73 Å². The van der Waals surface area contributed by atoms with E-state index in [-0.39, 0.29) is 12.1 Å². The van der Waals surface area contributed by atoms with Crippen LogP contribution in [0.1, 0.15) is 18.4 Å². The Morgan fingerprint density at radius 2 is 1.88 bits per heavy atom. The van der Waals surface area contributed by atoms with Crippen molar-refractivity contribution in [3.05, 3.63) is 41.3 Å². The Morgan fingerprint density at radius 1 is 1.24 bits per heavy atom. The molecule has 3 N–H and O–H groups in total. The molecule has 1 aromatic rings. The van der Waals surface area contributed by atoms with Gasteiger partial charge in [0.05, 0.1) is 0 Å². The molecule has 0 bridgehead atoms. The fourth-order valence-electron chi connectivity index (χ4n) is 1.76. The molecule has 1 aliphatic carbocycles. The fraction of sp³-hybridized carbons (Fsp3) is 0.333. The minimum Gasteiger partial charge on any atom is -0.328 e. The zero-order valence-corrected chi connectivity index (χ0v) is 10.2. The lowest BCUT2D eigenvalue weighted by Crippen LogP contribution is -2.49. The molecule has 1 saturated carbocycles. The van der Waals surface area contributed by atoms with E-state index in [9.17, 15) is 8.42 Å². The van der Waals surface area contributed by atoms with Crippen LogP contribution in [0.4, 0.5) is 0 Å². The third-order valence-corrected chi connectivity index (χ3v) is 3.90. The monoisotopic (exact) mass is 252 g/mol. The molecule has 0 unspecified atom stereocenters. The Kier molecular flexibility index (Phi) is 3.61. The van der Waals surface area contributed by atoms with Crippen molar-refractivity contribution < 1.29 is 8.42 Å². The number of sulfonamides is 1. The van der Waals surface area contributed by atoms with Gasteiger partial charge in [-0.1, -0.05) is 30.3 Å². The summed E-state index contributed by atoms with van der Waals surface area (Å²) in [5.41, 5.74) is 6.46. The van der Waals surface area contributed by atoms with E-state index in [1.807, 2.05) is 30.3 Å². The van der Waals surface area contributed by atoms with E-state index in [2.05, 4.69) is 4.72 Å². The maximum atomic E-state index is 11.7. The molecule has 0 saturated heterocycles. The lowest BCUT2D eigenvalue weighted by atomic mass is 9.89. The van der Waals surface area contributed by atoms with Crippen molar-refractivity contribution in [2.75, 3.05) is 0 Å². The molecule has 4 nitrogen and oxygen atoms in total. The van der Waals surface area contributed by atoms with E-state index < -0.39 is 10.0 Å². The van der Waals surface area contributed by atoms with Gasteiger partial charge in [-0.3, -0.25) is 0 Å². The van der Waals surface area contributed by atoms with Crippen molar-refractivity contribution in [2.45, 2.75) is 24.9 Å². The van der Waals surface area contributed by atoms with Gasteiger partial charge >= 0.3 is 0 Å². The van der Waals surface area contributed by atoms with Crippen molar-refractivity contribution in [3.8, 4) is 0 Å². The summed E-state index contributed by atoms with van der Waals surface area (Å²) in [6.07, 6.45) is 3.03. The van der Waals surface area contributed by atoms with Crippen LogP contribution >= 0.6 is 0 Å². The van der Waals surface area contributed by atoms with E-state index in [1.165, 1.54) is 5.41 Å². The van der Waals surface area contributed by atoms with E-state index in [0.29, 0.717) is 0 Å². The van der Waals surface area contributed by atoms with Crippen molar-refractivity contribution in [2.24, 2.45) is 5.73 Å². The molecule has 2 rings (SSSR count). The molecule has 92 valence electrons. The summed E-state index contributed by atoms with van der Waals surface area (Å²) >= 11 is 0. The van der Waals surface area contributed by atoms with Crippen LogP contribution in [0.25, 0.3) is 6.08 Å². The topological polar surface area (TPSA) is 72.2 Å². The number of hydrogen-bond donors (Lipinski definition) is 2. The van der Waals surface area contributed by atoms with Crippen LogP contribution in [0.5, 0.6) is 0 Å². The summed E-state index contributed by atoms with van der Waals surface area (Å²) < 4.78 is 25.9. The number of benzene rings is 1. The second-order valence-corrected chi connectivity index (χ2v) is 5.90. The summed E-state index contributed by atoms with van der Waals surface area (Å²) in [7, 11) is -3.35. The van der Waals surface area contributed by atoms with Crippen molar-refractivity contribution in [1.82, 2.24) is 4.72 Å². The summed E-state index contributed by atoms with van der Waals surface area (Å²) in [6.45, 7) is 0. The highest BCUT2D eigenvalue weighted by atomic mass is 32.2. The average Bonchev–Trinajstić information content (AvgIpc) is 2.26. The van der Waals surface area contributed by atoms with Gasteiger partial charge in [0.2, 0.25) is 10.0 Å². The quantitative estimate of drug-likeness (QED) is 0.842. The first-order valence-corrected chi connectivity index (χ1v) is 7.11. The molecule has 0 aromatic heterocycles. The Bertz CT molecular complexity index is 490. The summed E-state index contributed by atoms with van der Waals surface area (Å²) in [5.74, 6) is 0. The zero-order chi connectivity index (χ0) is 12.3. The van der Waals surface area contributed by atoms with Crippen molar-refractivity contribution in [1.29, 1.82) is 0 Å². The third-order valence-electron chi connectivity index (χ3n) is 2.74. The standard InChI is InChI=1S/C12H16N2O2S/c13-11-8-12(9-11)14-17(15,16)7-6-10-4-2-1-3-5-10/h1-7,11-12,14H,8-9,13H2/b7-6+. The van der Waals surface area contributed by atoms with Crippen molar-refractivity contribution >= 4 is 16.1 Å². The SMILES string of the molecule is NC1CC(NS(=O)(=O)/C=C/c2ccccc2)C1. The van der Waals surface area contributed by atoms with Gasteiger partial charge in [-0.25, -0.2) is 13.1 Å². The lowest BCUT2D eigenvalue weighted by Gasteiger charge is -2.32. The molecule has 0 aliphatic heterocycles. The minimum atomic E-state index is -3.35. The van der Waals surface area contributed by atoms with Gasteiger partial charge in [-0.15, -0.1) is 0 Å². The molecule has 1 fully saturated rings. The Balaban J connectivity index is 1.95. The molecular formula is C12H16N2O2S. The number of nitrogens with two attached hydrogens (primary N) is 1. The third kappa shape index (κ3) is 3.66. The smallest absolute Gasteiger partial charge is 0.233 e. The molecular weight excluding hydrogens is 236 g/mol. The van der Waals surface area contributed by atoms with Gasteiger partial charge in [0.1, 0.15) is 0 Å². The summed E-state index contributed by atoms with van der Waals surface area (Å²) in [5, 5.41) is 1.20. The van der Waals surface area contributed by atoms with E-state index >= 15 is 0 Å². The van der Waals surface area contributed by atoms with Gasteiger partial charge in [0.15, 0.2) is 0 Å². The van der Waals surface area contributed by atoms with Crippen LogP contribution in [-0.2, 0) is 10.0 Å². The number of hydrogen-bond acceptors (Lipinski definition) is 3. The zero-order valence-electron chi connectivity index (χ0n) is 9.41. The first-order valence-electron chi connectivity index (χ1n) is 5.56. The number of nitrogens with one attached hydrogen (secondary N) is 1. The second kappa shape index (κ2) is 5.00. The van der Waals surface area contributed by atoms with E-state index in [0.717, 1.165) is 18.4 Å². The Hall–Kier alpha value is -1.17. The van der Waals surface area contributed by atoms with Crippen LogP contribution < -0.4 is 10.5 Å². The largest absolute Gasteiger partial charge is 0.328 e. The van der Waals surface area contributed by atoms with Crippen LogP contribution in [-0.4, -0.2) is 20.5 Å². The summed E-state index contributed by atoms with van der Waals surface area (Å²) in [6, 6.07) is 9.46. The number of rotatable bonds is 4.